The van der Waals surface area contributed by atoms with Crippen LogP contribution in [0.3, 0.4) is 0 Å². The normalized spacial score (nSPS) is 21.0. The molecule has 3 nitrogen and oxygen atoms in total. The van der Waals surface area contributed by atoms with Crippen molar-refractivity contribution < 1.29 is 18.7 Å². The molecule has 0 aromatic heterocycles. The van der Waals surface area contributed by atoms with Crippen LogP contribution in [0, 0.1) is 34.9 Å². The molecule has 4 atom stereocenters. The minimum Gasteiger partial charge on any atom is -0.457 e. The molecule has 0 spiro atoms. The Morgan fingerprint density at radius 3 is 2.44 bits per heavy atom. The fraction of sp³-hybridized carbons (Fsp3) is 0.375. The third kappa shape index (κ3) is 5.80. The molecule has 0 N–H and O–H groups in total. The first kappa shape index (κ1) is 25.4. The molecule has 0 amide bonds. The minimum atomic E-state index is -1.21. The van der Waals surface area contributed by atoms with Crippen LogP contribution in [0.1, 0.15) is 32.4 Å². The van der Waals surface area contributed by atoms with E-state index in [0.717, 1.165) is 0 Å². The van der Waals surface area contributed by atoms with Gasteiger partial charge in [0.25, 0.3) is 0 Å². The van der Waals surface area contributed by atoms with Crippen molar-refractivity contribution >= 4 is 61.0 Å². The molecule has 3 rings (SSSR count). The van der Waals surface area contributed by atoms with Crippen molar-refractivity contribution in [1.29, 1.82) is 0 Å². The van der Waals surface area contributed by atoms with Gasteiger partial charge in [-0.15, -0.1) is 5.92 Å². The predicted octanol–water partition coefficient (Wildman–Crippen LogP) is 7.79. The lowest BCUT2D eigenvalue weighted by Gasteiger charge is -2.20. The van der Waals surface area contributed by atoms with E-state index in [9.17, 15) is 9.18 Å². The van der Waals surface area contributed by atoms with Crippen LogP contribution in [0.25, 0.3) is 0 Å². The standard InChI is InChI=1S/C24H21Br2Cl2FO3/c1-4-6-18(32-22(30)20-19(23(20,2)3)21(25)24(26,27)28)14-7-5-8-17(13-14)31-16-11-9-15(29)10-12-16/h5,7-13,18-21H,1-3H3. The highest BCUT2D eigenvalue weighted by molar-refractivity contribution is 9.13. The summed E-state index contributed by atoms with van der Waals surface area (Å²) >= 11 is 19.1. The van der Waals surface area contributed by atoms with E-state index in [1.807, 2.05) is 19.9 Å². The Balaban J connectivity index is 1.76. The number of esters is 1. The molecular weight excluding hydrogens is 586 g/mol. The summed E-state index contributed by atoms with van der Waals surface area (Å²) in [5.74, 6) is 5.55. The minimum absolute atomic E-state index is 0.118. The van der Waals surface area contributed by atoms with E-state index in [1.165, 1.54) is 24.3 Å². The van der Waals surface area contributed by atoms with E-state index in [-0.39, 0.29) is 33.9 Å². The Bertz CT molecular complexity index is 1040. The van der Waals surface area contributed by atoms with Crippen LogP contribution in [-0.2, 0) is 9.53 Å². The maximum atomic E-state index is 13.1. The van der Waals surface area contributed by atoms with Gasteiger partial charge < -0.3 is 9.47 Å². The van der Waals surface area contributed by atoms with Crippen LogP contribution in [0.15, 0.2) is 48.5 Å². The second kappa shape index (κ2) is 9.93. The molecular formula is C24H21Br2Cl2FO3. The molecule has 4 unspecified atom stereocenters. The van der Waals surface area contributed by atoms with Crippen LogP contribution in [-0.4, -0.2) is 14.0 Å². The second-order valence-corrected chi connectivity index (χ2v) is 12.6. The van der Waals surface area contributed by atoms with Gasteiger partial charge in [0.2, 0.25) is 0 Å². The van der Waals surface area contributed by atoms with Crippen molar-refractivity contribution in [2.24, 2.45) is 17.3 Å². The van der Waals surface area contributed by atoms with Gasteiger partial charge in [-0.3, -0.25) is 4.79 Å². The third-order valence-electron chi connectivity index (χ3n) is 5.51. The molecule has 1 saturated carbocycles. The van der Waals surface area contributed by atoms with E-state index >= 15 is 0 Å². The molecule has 0 bridgehead atoms. The zero-order valence-electron chi connectivity index (χ0n) is 17.5. The van der Waals surface area contributed by atoms with Crippen molar-refractivity contribution in [3.63, 3.8) is 0 Å². The molecule has 2 aromatic carbocycles. The Morgan fingerprint density at radius 1 is 1.19 bits per heavy atom. The first-order valence-electron chi connectivity index (χ1n) is 9.82. The lowest BCUT2D eigenvalue weighted by Crippen LogP contribution is -2.24. The lowest BCUT2D eigenvalue weighted by molar-refractivity contribution is -0.149. The maximum Gasteiger partial charge on any atom is 0.311 e. The van der Waals surface area contributed by atoms with Gasteiger partial charge in [-0.25, -0.2) is 4.39 Å². The molecule has 0 aliphatic heterocycles. The lowest BCUT2D eigenvalue weighted by atomic mass is 10.1. The summed E-state index contributed by atoms with van der Waals surface area (Å²) in [6, 6.07) is 12.8. The average molecular weight is 607 g/mol. The number of hydrogen-bond donors (Lipinski definition) is 0. The van der Waals surface area contributed by atoms with Gasteiger partial charge in [-0.2, -0.15) is 0 Å². The largest absolute Gasteiger partial charge is 0.457 e. The summed E-state index contributed by atoms with van der Waals surface area (Å²) in [5.41, 5.74) is 0.327. The molecule has 8 heteroatoms. The monoisotopic (exact) mass is 604 g/mol. The van der Waals surface area contributed by atoms with Crippen molar-refractivity contribution in [3.8, 4) is 23.3 Å². The summed E-state index contributed by atoms with van der Waals surface area (Å²) in [7, 11) is 0. The molecule has 0 heterocycles. The highest BCUT2D eigenvalue weighted by Crippen LogP contribution is 2.65. The molecule has 170 valence electrons. The van der Waals surface area contributed by atoms with Gasteiger partial charge in [-0.05, 0) is 70.6 Å². The number of alkyl halides is 4. The van der Waals surface area contributed by atoms with Gasteiger partial charge in [0.1, 0.15) is 17.3 Å². The number of carbonyl (C=O) groups is 1. The molecule has 0 saturated heterocycles. The molecule has 0 radical (unpaired) electrons. The van der Waals surface area contributed by atoms with Crippen molar-refractivity contribution in [2.45, 2.75) is 34.9 Å². The van der Waals surface area contributed by atoms with Crippen LogP contribution in [0.4, 0.5) is 4.39 Å². The predicted molar refractivity (Wildman–Crippen MR) is 132 cm³/mol. The van der Waals surface area contributed by atoms with E-state index in [2.05, 4.69) is 43.7 Å². The van der Waals surface area contributed by atoms with Gasteiger partial charge in [0, 0.05) is 5.56 Å². The fourth-order valence-corrected chi connectivity index (χ4v) is 5.30. The van der Waals surface area contributed by atoms with Gasteiger partial charge in [0.05, 0.1) is 10.7 Å². The van der Waals surface area contributed by atoms with Gasteiger partial charge >= 0.3 is 5.97 Å². The van der Waals surface area contributed by atoms with Crippen LogP contribution in [0.5, 0.6) is 11.5 Å². The van der Waals surface area contributed by atoms with Crippen LogP contribution in [0.2, 0.25) is 0 Å². The topological polar surface area (TPSA) is 35.5 Å². The highest BCUT2D eigenvalue weighted by Gasteiger charge is 2.67. The smallest absolute Gasteiger partial charge is 0.311 e. The SMILES string of the molecule is CC#CC(OC(=O)C1C(C(Br)C(Cl)(Cl)Br)C1(C)C)c1cccc(Oc2ccc(F)cc2)c1. The summed E-state index contributed by atoms with van der Waals surface area (Å²) in [6.45, 7) is 5.63. The molecule has 1 fully saturated rings. The van der Waals surface area contributed by atoms with E-state index < -0.39 is 9.35 Å². The Morgan fingerprint density at radius 2 is 1.84 bits per heavy atom. The third-order valence-corrected chi connectivity index (χ3v) is 8.87. The van der Waals surface area contributed by atoms with Gasteiger partial charge in [0.15, 0.2) is 9.35 Å². The molecule has 1 aliphatic rings. The number of benzene rings is 2. The van der Waals surface area contributed by atoms with E-state index in [4.69, 9.17) is 32.7 Å². The Kier molecular flexibility index (Phi) is 7.87. The number of carbonyl (C=O) groups excluding carboxylic acids is 1. The first-order valence-corrected chi connectivity index (χ1v) is 12.3. The fourth-order valence-electron chi connectivity index (χ4n) is 3.76. The van der Waals surface area contributed by atoms with Gasteiger partial charge in [-0.1, -0.05) is 71.0 Å². The summed E-state index contributed by atoms with van der Waals surface area (Å²) in [4.78, 5) is 12.7. The van der Waals surface area contributed by atoms with Crippen molar-refractivity contribution in [3.05, 3.63) is 59.9 Å². The Hall–Kier alpha value is -1.26. The van der Waals surface area contributed by atoms with E-state index in [0.29, 0.717) is 17.1 Å². The first-order chi connectivity index (χ1) is 14.9. The quantitative estimate of drug-likeness (QED) is 0.183. The van der Waals surface area contributed by atoms with Crippen LogP contribution < -0.4 is 4.74 Å². The Labute approximate surface area is 214 Å². The molecule has 2 aromatic rings. The summed E-state index contributed by atoms with van der Waals surface area (Å²) in [6.07, 6.45) is -0.768. The van der Waals surface area contributed by atoms with E-state index in [1.54, 1.807) is 25.1 Å². The molecule has 32 heavy (non-hydrogen) atoms. The number of hydrogen-bond acceptors (Lipinski definition) is 3. The summed E-state index contributed by atoms with van der Waals surface area (Å²) < 4.78 is 23.5. The second-order valence-electron chi connectivity index (χ2n) is 8.11. The average Bonchev–Trinajstić information content (AvgIpc) is 3.30. The number of ether oxygens (including phenoxy) is 2. The maximum absolute atomic E-state index is 13.1. The molecule has 1 aliphatic carbocycles. The highest BCUT2D eigenvalue weighted by atomic mass is 79.9. The summed E-state index contributed by atoms with van der Waals surface area (Å²) in [5, 5.41) is 0. The van der Waals surface area contributed by atoms with Crippen molar-refractivity contribution in [1.82, 2.24) is 0 Å². The zero-order chi connectivity index (χ0) is 23.7. The van der Waals surface area contributed by atoms with Crippen LogP contribution >= 0.6 is 55.1 Å². The zero-order valence-corrected chi connectivity index (χ0v) is 22.2. The van der Waals surface area contributed by atoms with Crippen molar-refractivity contribution in [2.75, 3.05) is 0 Å². The number of rotatable bonds is 7. The number of halogens is 5.